The summed E-state index contributed by atoms with van der Waals surface area (Å²) >= 11 is 0. The van der Waals surface area contributed by atoms with E-state index in [1.54, 1.807) is 6.20 Å². The number of hydrogen-bond acceptors (Lipinski definition) is 3. The van der Waals surface area contributed by atoms with Crippen LogP contribution in [-0.4, -0.2) is 9.97 Å². The summed E-state index contributed by atoms with van der Waals surface area (Å²) in [6.07, 6.45) is 3.19. The Morgan fingerprint density at radius 1 is 0.824 bits per heavy atom. The zero-order valence-electron chi connectivity index (χ0n) is 9.08. The Morgan fingerprint density at radius 2 is 1.65 bits per heavy atom. The molecule has 2 aromatic heterocycles. The number of oxazole rings is 1. The molecule has 0 atom stereocenters. The lowest BCUT2D eigenvalue weighted by molar-refractivity contribution is 0.570. The van der Waals surface area contributed by atoms with Crippen molar-refractivity contribution < 1.29 is 4.42 Å². The zero-order valence-corrected chi connectivity index (χ0v) is 9.08. The van der Waals surface area contributed by atoms with Gasteiger partial charge in [-0.1, -0.05) is 36.4 Å². The Kier molecular flexibility index (Phi) is 2.43. The highest BCUT2D eigenvalue weighted by Gasteiger charge is 2.12. The average molecular weight is 222 g/mol. The van der Waals surface area contributed by atoms with Gasteiger partial charge in [-0.3, -0.25) is 4.98 Å². The number of benzene rings is 1. The first-order chi connectivity index (χ1) is 8.45. The van der Waals surface area contributed by atoms with Crippen LogP contribution in [0.5, 0.6) is 0 Å². The predicted octanol–water partition coefficient (Wildman–Crippen LogP) is 3.40. The van der Waals surface area contributed by atoms with E-state index in [1.165, 1.54) is 6.39 Å². The molecule has 0 amide bonds. The molecule has 0 unspecified atom stereocenters. The number of pyridine rings is 1. The highest BCUT2D eigenvalue weighted by molar-refractivity contribution is 5.74. The minimum atomic E-state index is 0.705. The second kappa shape index (κ2) is 4.22. The molecule has 1 aromatic carbocycles. The Hall–Kier alpha value is -2.42. The van der Waals surface area contributed by atoms with Crippen molar-refractivity contribution in [1.29, 1.82) is 0 Å². The van der Waals surface area contributed by atoms with E-state index in [0.29, 0.717) is 5.76 Å². The van der Waals surface area contributed by atoms with Gasteiger partial charge in [-0.05, 0) is 12.1 Å². The van der Waals surface area contributed by atoms with Gasteiger partial charge in [-0.2, -0.15) is 0 Å². The van der Waals surface area contributed by atoms with Crippen LogP contribution in [0.15, 0.2) is 65.5 Å². The number of nitrogens with zero attached hydrogens (tertiary/aromatic N) is 2. The summed E-state index contributed by atoms with van der Waals surface area (Å²) in [7, 11) is 0. The maximum absolute atomic E-state index is 5.43. The van der Waals surface area contributed by atoms with Crippen molar-refractivity contribution in [3.8, 4) is 22.7 Å². The van der Waals surface area contributed by atoms with Gasteiger partial charge in [0, 0.05) is 11.8 Å². The highest BCUT2D eigenvalue weighted by atomic mass is 16.3. The summed E-state index contributed by atoms with van der Waals surface area (Å²) in [6.45, 7) is 0. The van der Waals surface area contributed by atoms with Crippen LogP contribution in [0, 0.1) is 0 Å². The molecular weight excluding hydrogens is 212 g/mol. The molecule has 0 aliphatic rings. The monoisotopic (exact) mass is 222 g/mol. The topological polar surface area (TPSA) is 38.9 Å². The van der Waals surface area contributed by atoms with E-state index >= 15 is 0 Å². The molecule has 2 heterocycles. The Bertz CT molecular complexity index is 548. The van der Waals surface area contributed by atoms with E-state index in [9.17, 15) is 0 Å². The predicted molar refractivity (Wildman–Crippen MR) is 65.2 cm³/mol. The molecule has 3 nitrogen and oxygen atoms in total. The van der Waals surface area contributed by atoms with E-state index in [4.69, 9.17) is 4.42 Å². The summed E-state index contributed by atoms with van der Waals surface area (Å²) in [5.41, 5.74) is 2.65. The molecule has 3 heteroatoms. The van der Waals surface area contributed by atoms with Crippen molar-refractivity contribution in [2.24, 2.45) is 0 Å². The molecule has 0 radical (unpaired) electrons. The minimum absolute atomic E-state index is 0.705. The van der Waals surface area contributed by atoms with Crippen LogP contribution in [0.1, 0.15) is 0 Å². The highest BCUT2D eigenvalue weighted by Crippen LogP contribution is 2.29. The first kappa shape index (κ1) is 9.78. The Balaban J connectivity index is 2.13. The lowest BCUT2D eigenvalue weighted by Gasteiger charge is -2.00. The smallest absolute Gasteiger partial charge is 0.182 e. The summed E-state index contributed by atoms with van der Waals surface area (Å²) in [6, 6.07) is 15.7. The summed E-state index contributed by atoms with van der Waals surface area (Å²) in [5, 5.41) is 0. The second-order valence-corrected chi connectivity index (χ2v) is 3.61. The van der Waals surface area contributed by atoms with E-state index in [0.717, 1.165) is 17.0 Å². The molecule has 0 fully saturated rings. The van der Waals surface area contributed by atoms with Gasteiger partial charge in [0.05, 0.1) is 0 Å². The number of aromatic nitrogens is 2. The van der Waals surface area contributed by atoms with Crippen molar-refractivity contribution >= 4 is 0 Å². The van der Waals surface area contributed by atoms with Gasteiger partial charge in [0.1, 0.15) is 11.4 Å². The van der Waals surface area contributed by atoms with Crippen LogP contribution < -0.4 is 0 Å². The number of hydrogen-bond donors (Lipinski definition) is 0. The molecule has 0 saturated heterocycles. The zero-order chi connectivity index (χ0) is 11.5. The van der Waals surface area contributed by atoms with E-state index < -0.39 is 0 Å². The molecule has 0 N–H and O–H groups in total. The van der Waals surface area contributed by atoms with Gasteiger partial charge >= 0.3 is 0 Å². The third kappa shape index (κ3) is 1.83. The van der Waals surface area contributed by atoms with Crippen molar-refractivity contribution in [3.05, 3.63) is 61.1 Å². The van der Waals surface area contributed by atoms with Crippen LogP contribution in [0.2, 0.25) is 0 Å². The van der Waals surface area contributed by atoms with Crippen LogP contribution in [-0.2, 0) is 0 Å². The first-order valence-corrected chi connectivity index (χ1v) is 5.35. The molecule has 17 heavy (non-hydrogen) atoms. The largest absolute Gasteiger partial charge is 0.441 e. The van der Waals surface area contributed by atoms with Gasteiger partial charge < -0.3 is 4.42 Å². The molecule has 3 rings (SSSR count). The van der Waals surface area contributed by atoms with E-state index in [-0.39, 0.29) is 0 Å². The fraction of sp³-hybridized carbons (Fsp3) is 0. The van der Waals surface area contributed by atoms with E-state index in [2.05, 4.69) is 9.97 Å². The molecular formula is C14H10N2O. The summed E-state index contributed by atoms with van der Waals surface area (Å²) < 4.78 is 5.43. The lowest BCUT2D eigenvalue weighted by Crippen LogP contribution is -1.84. The van der Waals surface area contributed by atoms with Gasteiger partial charge in [-0.25, -0.2) is 4.98 Å². The molecule has 3 aromatic rings. The van der Waals surface area contributed by atoms with Gasteiger partial charge in [0.15, 0.2) is 12.2 Å². The van der Waals surface area contributed by atoms with Crippen LogP contribution in [0.3, 0.4) is 0 Å². The van der Waals surface area contributed by atoms with Gasteiger partial charge in [-0.15, -0.1) is 0 Å². The SMILES string of the molecule is c1ccc(-c2ncoc2-c2ccccn2)cc1. The normalized spacial score (nSPS) is 10.4. The Morgan fingerprint density at radius 3 is 2.41 bits per heavy atom. The average Bonchev–Trinajstić information content (AvgIpc) is 2.90. The van der Waals surface area contributed by atoms with Crippen LogP contribution in [0.25, 0.3) is 22.7 Å². The van der Waals surface area contributed by atoms with Crippen LogP contribution in [0.4, 0.5) is 0 Å². The fourth-order valence-corrected chi connectivity index (χ4v) is 1.73. The third-order valence-corrected chi connectivity index (χ3v) is 2.51. The van der Waals surface area contributed by atoms with Crippen molar-refractivity contribution in [1.82, 2.24) is 9.97 Å². The fourth-order valence-electron chi connectivity index (χ4n) is 1.73. The quantitative estimate of drug-likeness (QED) is 0.667. The maximum Gasteiger partial charge on any atom is 0.182 e. The van der Waals surface area contributed by atoms with Crippen LogP contribution >= 0.6 is 0 Å². The maximum atomic E-state index is 5.43. The standard InChI is InChI=1S/C14H10N2O/c1-2-6-11(7-3-1)13-14(17-10-16-13)12-8-4-5-9-15-12/h1-10H. The molecule has 0 saturated carbocycles. The Labute approximate surface area is 98.8 Å². The molecule has 0 spiro atoms. The molecule has 0 bridgehead atoms. The minimum Gasteiger partial charge on any atom is -0.441 e. The van der Waals surface area contributed by atoms with Gasteiger partial charge in [0.2, 0.25) is 0 Å². The molecule has 0 aliphatic heterocycles. The summed E-state index contributed by atoms with van der Waals surface area (Å²) in [5.74, 6) is 0.705. The second-order valence-electron chi connectivity index (χ2n) is 3.61. The molecule has 0 aliphatic carbocycles. The van der Waals surface area contributed by atoms with Crippen molar-refractivity contribution in [2.75, 3.05) is 0 Å². The summed E-state index contributed by atoms with van der Waals surface area (Å²) in [4.78, 5) is 8.53. The third-order valence-electron chi connectivity index (χ3n) is 2.51. The van der Waals surface area contributed by atoms with Crippen molar-refractivity contribution in [3.63, 3.8) is 0 Å². The van der Waals surface area contributed by atoms with Crippen molar-refractivity contribution in [2.45, 2.75) is 0 Å². The molecule has 82 valence electrons. The van der Waals surface area contributed by atoms with E-state index in [1.807, 2.05) is 48.5 Å². The lowest BCUT2D eigenvalue weighted by atomic mass is 10.1. The first-order valence-electron chi connectivity index (χ1n) is 5.35. The number of rotatable bonds is 2. The van der Waals surface area contributed by atoms with Gasteiger partial charge in [0.25, 0.3) is 0 Å².